The summed E-state index contributed by atoms with van der Waals surface area (Å²) in [6.07, 6.45) is 3.22. The zero-order valence-corrected chi connectivity index (χ0v) is 5.61. The number of alkyl halides is 1. The molecule has 0 spiro atoms. The first kappa shape index (κ1) is 8.60. The molecule has 0 aliphatic carbocycles. The van der Waals surface area contributed by atoms with Gasteiger partial charge in [0.1, 0.15) is 0 Å². The summed E-state index contributed by atoms with van der Waals surface area (Å²) in [7, 11) is 0. The zero-order valence-electron chi connectivity index (χ0n) is 5.61. The normalized spacial score (nSPS) is 14.6. The van der Waals surface area contributed by atoms with E-state index in [1.807, 2.05) is 6.92 Å². The molecule has 0 aliphatic heterocycles. The highest BCUT2D eigenvalue weighted by Gasteiger charge is 1.94. The highest BCUT2D eigenvalue weighted by Crippen LogP contribution is 2.06. The minimum atomic E-state index is -0.301. The van der Waals surface area contributed by atoms with Gasteiger partial charge >= 0.3 is 0 Å². The fraction of sp³-hybridized carbons (Fsp3) is 0.714. The molecule has 0 N–H and O–H groups in total. The van der Waals surface area contributed by atoms with Crippen LogP contribution in [-0.2, 0) is 0 Å². The maximum absolute atomic E-state index is 11.5. The average molecular weight is 134 g/mol. The molecule has 0 aromatic carbocycles. The summed E-state index contributed by atoms with van der Waals surface area (Å²) in [5.74, 6) is 0.172. The quantitative estimate of drug-likeness (QED) is 0.554. The van der Waals surface area contributed by atoms with Crippen LogP contribution in [-0.4, -0.2) is 6.67 Å². The Morgan fingerprint density at radius 2 is 2.22 bits per heavy atom. The van der Waals surface area contributed by atoms with Crippen LogP contribution in [0.1, 0.15) is 19.8 Å². The van der Waals surface area contributed by atoms with Gasteiger partial charge in [-0.15, -0.1) is 0 Å². The predicted molar refractivity (Wildman–Crippen MR) is 34.6 cm³/mol. The van der Waals surface area contributed by atoms with Crippen LogP contribution in [0, 0.1) is 5.92 Å². The zero-order chi connectivity index (χ0) is 7.11. The van der Waals surface area contributed by atoms with Gasteiger partial charge in [0.05, 0.1) is 13.0 Å². The Hall–Kier alpha value is -0.400. The highest BCUT2D eigenvalue weighted by atomic mass is 19.1. The topological polar surface area (TPSA) is 0 Å². The minimum Gasteiger partial charge on any atom is -0.251 e. The van der Waals surface area contributed by atoms with Crippen LogP contribution in [0.3, 0.4) is 0 Å². The predicted octanol–water partition coefficient (Wildman–Crippen LogP) is 2.86. The second kappa shape index (κ2) is 5.73. The number of hydrogen-bond donors (Lipinski definition) is 0. The van der Waals surface area contributed by atoms with E-state index in [0.717, 1.165) is 6.42 Å². The van der Waals surface area contributed by atoms with Crippen molar-refractivity contribution in [2.24, 2.45) is 5.92 Å². The molecular formula is C7H12F2. The van der Waals surface area contributed by atoms with Crippen LogP contribution < -0.4 is 0 Å². The Labute approximate surface area is 54.6 Å². The Kier molecular flexibility index (Phi) is 5.48. The van der Waals surface area contributed by atoms with Crippen molar-refractivity contribution in [1.29, 1.82) is 0 Å². The van der Waals surface area contributed by atoms with E-state index in [1.165, 1.54) is 6.08 Å². The first-order valence-electron chi connectivity index (χ1n) is 3.14. The third-order valence-corrected chi connectivity index (χ3v) is 1.19. The van der Waals surface area contributed by atoms with Crippen molar-refractivity contribution in [2.75, 3.05) is 6.67 Å². The van der Waals surface area contributed by atoms with Crippen molar-refractivity contribution >= 4 is 0 Å². The van der Waals surface area contributed by atoms with Gasteiger partial charge in [0.25, 0.3) is 0 Å². The van der Waals surface area contributed by atoms with Crippen molar-refractivity contribution in [3.8, 4) is 0 Å². The summed E-state index contributed by atoms with van der Waals surface area (Å²) in [5, 5.41) is 0. The van der Waals surface area contributed by atoms with Crippen molar-refractivity contribution in [2.45, 2.75) is 19.8 Å². The molecule has 0 saturated carbocycles. The van der Waals surface area contributed by atoms with Crippen LogP contribution in [0.4, 0.5) is 8.78 Å². The molecule has 0 amide bonds. The molecule has 2 heteroatoms. The second-order valence-corrected chi connectivity index (χ2v) is 2.13. The van der Waals surface area contributed by atoms with Gasteiger partial charge in [0, 0.05) is 0 Å². The number of hydrogen-bond acceptors (Lipinski definition) is 0. The van der Waals surface area contributed by atoms with E-state index in [2.05, 4.69) is 0 Å². The van der Waals surface area contributed by atoms with Crippen LogP contribution >= 0.6 is 0 Å². The Balaban J connectivity index is 3.15. The molecule has 1 atom stereocenters. The van der Waals surface area contributed by atoms with Gasteiger partial charge in [-0.3, -0.25) is 4.39 Å². The van der Waals surface area contributed by atoms with Crippen molar-refractivity contribution in [1.82, 2.24) is 0 Å². The van der Waals surface area contributed by atoms with Crippen molar-refractivity contribution in [3.05, 3.63) is 12.4 Å². The van der Waals surface area contributed by atoms with E-state index in [9.17, 15) is 8.78 Å². The third kappa shape index (κ3) is 5.47. The molecule has 9 heavy (non-hydrogen) atoms. The summed E-state index contributed by atoms with van der Waals surface area (Å²) < 4.78 is 22.9. The van der Waals surface area contributed by atoms with Gasteiger partial charge in [-0.05, 0) is 18.8 Å². The average Bonchev–Trinajstić information content (AvgIpc) is 1.85. The highest BCUT2D eigenvalue weighted by molar-refractivity contribution is 4.78. The number of allylic oxidation sites excluding steroid dienone is 1. The molecular weight excluding hydrogens is 122 g/mol. The SMILES string of the molecule is CC(C=CF)CCCF. The summed E-state index contributed by atoms with van der Waals surface area (Å²) in [5.41, 5.74) is 0. The van der Waals surface area contributed by atoms with Gasteiger partial charge in [0.2, 0.25) is 0 Å². The Morgan fingerprint density at radius 1 is 1.56 bits per heavy atom. The molecule has 0 aromatic rings. The van der Waals surface area contributed by atoms with Gasteiger partial charge in [0.15, 0.2) is 0 Å². The summed E-state index contributed by atoms with van der Waals surface area (Å²) in [6.45, 7) is 1.57. The molecule has 0 nitrogen and oxygen atoms in total. The maximum Gasteiger partial charge on any atom is 0.0894 e. The van der Waals surface area contributed by atoms with Gasteiger partial charge in [-0.1, -0.05) is 13.0 Å². The van der Waals surface area contributed by atoms with Gasteiger partial charge in [-0.25, -0.2) is 4.39 Å². The van der Waals surface area contributed by atoms with E-state index in [1.54, 1.807) is 0 Å². The summed E-state index contributed by atoms with van der Waals surface area (Å²) in [4.78, 5) is 0. The van der Waals surface area contributed by atoms with Gasteiger partial charge in [-0.2, -0.15) is 0 Å². The monoisotopic (exact) mass is 134 g/mol. The molecule has 0 fully saturated rings. The van der Waals surface area contributed by atoms with E-state index in [-0.39, 0.29) is 12.6 Å². The first-order valence-corrected chi connectivity index (χ1v) is 3.14. The lowest BCUT2D eigenvalue weighted by atomic mass is 10.1. The first-order chi connectivity index (χ1) is 4.31. The fourth-order valence-corrected chi connectivity index (χ4v) is 0.620. The van der Waals surface area contributed by atoms with Crippen LogP contribution in [0.2, 0.25) is 0 Å². The van der Waals surface area contributed by atoms with E-state index in [0.29, 0.717) is 12.8 Å². The minimum absolute atomic E-state index is 0.172. The molecule has 54 valence electrons. The standard InChI is InChI=1S/C7H12F2/c1-7(4-6-9)3-2-5-8/h4,6-7H,2-3,5H2,1H3. The maximum atomic E-state index is 11.5. The molecule has 0 radical (unpaired) electrons. The van der Waals surface area contributed by atoms with E-state index < -0.39 is 0 Å². The Bertz CT molecular complexity index is 79.0. The Morgan fingerprint density at radius 3 is 2.67 bits per heavy atom. The molecule has 0 bridgehead atoms. The third-order valence-electron chi connectivity index (χ3n) is 1.19. The van der Waals surface area contributed by atoms with Crippen molar-refractivity contribution in [3.63, 3.8) is 0 Å². The van der Waals surface area contributed by atoms with Crippen LogP contribution in [0.5, 0.6) is 0 Å². The molecule has 1 unspecified atom stereocenters. The molecule has 0 heterocycles. The van der Waals surface area contributed by atoms with Crippen LogP contribution in [0.25, 0.3) is 0 Å². The summed E-state index contributed by atoms with van der Waals surface area (Å²) >= 11 is 0. The molecule has 0 aromatic heterocycles. The lowest BCUT2D eigenvalue weighted by Crippen LogP contribution is -1.89. The summed E-state index contributed by atoms with van der Waals surface area (Å²) in [6, 6.07) is 0. The smallest absolute Gasteiger partial charge is 0.0894 e. The van der Waals surface area contributed by atoms with E-state index in [4.69, 9.17) is 0 Å². The lowest BCUT2D eigenvalue weighted by Gasteiger charge is -2.00. The second-order valence-electron chi connectivity index (χ2n) is 2.13. The number of halogens is 2. The van der Waals surface area contributed by atoms with Crippen molar-refractivity contribution < 1.29 is 8.78 Å². The number of rotatable bonds is 4. The largest absolute Gasteiger partial charge is 0.251 e. The molecule has 0 aliphatic rings. The fourth-order valence-electron chi connectivity index (χ4n) is 0.620. The lowest BCUT2D eigenvalue weighted by molar-refractivity contribution is 0.440. The van der Waals surface area contributed by atoms with Crippen LogP contribution in [0.15, 0.2) is 12.4 Å². The van der Waals surface area contributed by atoms with Gasteiger partial charge < -0.3 is 0 Å². The molecule has 0 saturated heterocycles. The van der Waals surface area contributed by atoms with E-state index >= 15 is 0 Å². The molecule has 0 rings (SSSR count).